The van der Waals surface area contributed by atoms with Gasteiger partial charge in [0.15, 0.2) is 0 Å². The molecule has 0 spiro atoms. The zero-order valence-corrected chi connectivity index (χ0v) is 11.0. The number of carbonyl (C=O) groups is 1. The van der Waals surface area contributed by atoms with Crippen LogP contribution >= 0.6 is 0 Å². The van der Waals surface area contributed by atoms with Gasteiger partial charge in [-0.1, -0.05) is 12.1 Å². The smallest absolute Gasteiger partial charge is 0.255 e. The second-order valence-corrected chi connectivity index (χ2v) is 4.16. The van der Waals surface area contributed by atoms with Crippen molar-refractivity contribution in [1.29, 1.82) is 0 Å². The molecule has 2 aromatic rings. The third-order valence-corrected chi connectivity index (χ3v) is 2.80. The Balaban J connectivity index is 2.11. The number of benzene rings is 1. The molecule has 1 aromatic carbocycles. The van der Waals surface area contributed by atoms with E-state index in [-0.39, 0.29) is 11.9 Å². The van der Waals surface area contributed by atoms with Gasteiger partial charge in [0.2, 0.25) is 0 Å². The molecule has 0 bridgehead atoms. The lowest BCUT2D eigenvalue weighted by molar-refractivity contribution is 0.0936. The van der Waals surface area contributed by atoms with Gasteiger partial charge in [0.25, 0.3) is 5.91 Å². The molecule has 0 saturated carbocycles. The SMILES string of the molecule is CCOc1ccccc1C(=O)NC(C)c1cn[nH]c1. The molecule has 0 aliphatic rings. The summed E-state index contributed by atoms with van der Waals surface area (Å²) in [5.74, 6) is 0.444. The number of rotatable bonds is 5. The van der Waals surface area contributed by atoms with Gasteiger partial charge in [0, 0.05) is 11.8 Å². The van der Waals surface area contributed by atoms with Crippen LogP contribution in [0.5, 0.6) is 5.75 Å². The lowest BCUT2D eigenvalue weighted by Gasteiger charge is -2.14. The predicted molar refractivity (Wildman–Crippen MR) is 72.1 cm³/mol. The summed E-state index contributed by atoms with van der Waals surface area (Å²) in [6.45, 7) is 4.33. The number of para-hydroxylation sites is 1. The molecule has 5 nitrogen and oxygen atoms in total. The van der Waals surface area contributed by atoms with Crippen molar-refractivity contribution in [3.8, 4) is 5.75 Å². The number of ether oxygens (including phenoxy) is 1. The van der Waals surface area contributed by atoms with E-state index in [0.29, 0.717) is 17.9 Å². The largest absolute Gasteiger partial charge is 0.493 e. The van der Waals surface area contributed by atoms with Gasteiger partial charge in [-0.2, -0.15) is 5.10 Å². The maximum atomic E-state index is 12.2. The Kier molecular flexibility index (Phi) is 4.18. The van der Waals surface area contributed by atoms with Crippen molar-refractivity contribution in [2.75, 3.05) is 6.61 Å². The topological polar surface area (TPSA) is 67.0 Å². The van der Waals surface area contributed by atoms with Gasteiger partial charge in [0.05, 0.1) is 24.4 Å². The number of nitrogens with one attached hydrogen (secondary N) is 2. The number of amides is 1. The zero-order valence-electron chi connectivity index (χ0n) is 11.0. The summed E-state index contributed by atoms with van der Waals surface area (Å²) < 4.78 is 5.45. The van der Waals surface area contributed by atoms with Crippen LogP contribution in [0.3, 0.4) is 0 Å². The van der Waals surface area contributed by atoms with E-state index in [4.69, 9.17) is 4.74 Å². The van der Waals surface area contributed by atoms with Gasteiger partial charge in [-0.05, 0) is 26.0 Å². The van der Waals surface area contributed by atoms with Crippen LogP contribution in [0.25, 0.3) is 0 Å². The quantitative estimate of drug-likeness (QED) is 0.865. The van der Waals surface area contributed by atoms with Crippen LogP contribution in [0, 0.1) is 0 Å². The molecule has 0 fully saturated rings. The second-order valence-electron chi connectivity index (χ2n) is 4.16. The van der Waals surface area contributed by atoms with Crippen molar-refractivity contribution in [1.82, 2.24) is 15.5 Å². The minimum Gasteiger partial charge on any atom is -0.493 e. The standard InChI is InChI=1S/C14H17N3O2/c1-3-19-13-7-5-4-6-12(13)14(18)17-10(2)11-8-15-16-9-11/h4-10H,3H2,1-2H3,(H,15,16)(H,17,18). The Hall–Kier alpha value is -2.30. The summed E-state index contributed by atoms with van der Waals surface area (Å²) >= 11 is 0. The van der Waals surface area contributed by atoms with E-state index in [9.17, 15) is 4.79 Å². The summed E-state index contributed by atoms with van der Waals surface area (Å²) in [5.41, 5.74) is 1.47. The fourth-order valence-corrected chi connectivity index (χ4v) is 1.79. The second kappa shape index (κ2) is 6.04. The number of aromatic nitrogens is 2. The number of carbonyl (C=O) groups excluding carboxylic acids is 1. The molecule has 1 amide bonds. The van der Waals surface area contributed by atoms with Crippen molar-refractivity contribution in [3.05, 3.63) is 47.8 Å². The summed E-state index contributed by atoms with van der Waals surface area (Å²) in [7, 11) is 0. The summed E-state index contributed by atoms with van der Waals surface area (Å²) in [6, 6.07) is 7.10. The van der Waals surface area contributed by atoms with E-state index >= 15 is 0 Å². The molecular weight excluding hydrogens is 242 g/mol. The normalized spacial score (nSPS) is 11.9. The Morgan fingerprint density at radius 1 is 1.47 bits per heavy atom. The van der Waals surface area contributed by atoms with Crippen LogP contribution in [-0.4, -0.2) is 22.7 Å². The first-order valence-corrected chi connectivity index (χ1v) is 6.23. The third-order valence-electron chi connectivity index (χ3n) is 2.80. The molecule has 1 unspecified atom stereocenters. The molecule has 0 saturated heterocycles. The number of hydrogen-bond donors (Lipinski definition) is 2. The van der Waals surface area contributed by atoms with Gasteiger partial charge in [-0.3, -0.25) is 9.89 Å². The Bertz CT molecular complexity index is 537. The van der Waals surface area contributed by atoms with Gasteiger partial charge >= 0.3 is 0 Å². The van der Waals surface area contributed by atoms with Crippen molar-refractivity contribution in [3.63, 3.8) is 0 Å². The molecule has 1 heterocycles. The van der Waals surface area contributed by atoms with Crippen molar-refractivity contribution < 1.29 is 9.53 Å². The van der Waals surface area contributed by atoms with E-state index in [1.54, 1.807) is 24.5 Å². The fraction of sp³-hybridized carbons (Fsp3) is 0.286. The van der Waals surface area contributed by atoms with E-state index in [0.717, 1.165) is 5.56 Å². The first-order valence-electron chi connectivity index (χ1n) is 6.23. The number of aromatic amines is 1. The summed E-state index contributed by atoms with van der Waals surface area (Å²) in [4.78, 5) is 12.2. The molecule has 19 heavy (non-hydrogen) atoms. The first kappa shape index (κ1) is 13.1. The molecule has 1 aromatic heterocycles. The molecule has 2 N–H and O–H groups in total. The predicted octanol–water partition coefficient (Wildman–Crippen LogP) is 2.30. The molecular formula is C14H17N3O2. The van der Waals surface area contributed by atoms with E-state index in [2.05, 4.69) is 15.5 Å². The minimum absolute atomic E-state index is 0.110. The van der Waals surface area contributed by atoms with E-state index in [1.807, 2.05) is 26.0 Å². The fourth-order valence-electron chi connectivity index (χ4n) is 1.79. The highest BCUT2D eigenvalue weighted by molar-refractivity contribution is 5.97. The highest BCUT2D eigenvalue weighted by Crippen LogP contribution is 2.19. The van der Waals surface area contributed by atoms with Crippen LogP contribution in [-0.2, 0) is 0 Å². The molecule has 1 atom stereocenters. The summed E-state index contributed by atoms with van der Waals surface area (Å²) in [6.07, 6.45) is 3.46. The average Bonchev–Trinajstić information content (AvgIpc) is 2.93. The zero-order chi connectivity index (χ0) is 13.7. The van der Waals surface area contributed by atoms with Gasteiger partial charge in [-0.25, -0.2) is 0 Å². The van der Waals surface area contributed by atoms with Crippen LogP contribution in [0.4, 0.5) is 0 Å². The lowest BCUT2D eigenvalue weighted by atomic mass is 10.1. The van der Waals surface area contributed by atoms with Gasteiger partial charge in [-0.15, -0.1) is 0 Å². The Morgan fingerprint density at radius 3 is 2.95 bits per heavy atom. The molecule has 100 valence electrons. The minimum atomic E-state index is -0.155. The van der Waals surface area contributed by atoms with Crippen molar-refractivity contribution in [2.45, 2.75) is 19.9 Å². The molecule has 2 rings (SSSR count). The number of nitrogens with zero attached hydrogens (tertiary/aromatic N) is 1. The highest BCUT2D eigenvalue weighted by Gasteiger charge is 2.15. The summed E-state index contributed by atoms with van der Waals surface area (Å²) in [5, 5.41) is 9.52. The Morgan fingerprint density at radius 2 is 2.26 bits per heavy atom. The molecule has 5 heteroatoms. The molecule has 0 aliphatic heterocycles. The average molecular weight is 259 g/mol. The first-order chi connectivity index (χ1) is 9.22. The maximum Gasteiger partial charge on any atom is 0.255 e. The van der Waals surface area contributed by atoms with E-state index in [1.165, 1.54) is 0 Å². The Labute approximate surface area is 112 Å². The number of H-pyrrole nitrogens is 1. The van der Waals surface area contributed by atoms with Gasteiger partial charge in [0.1, 0.15) is 5.75 Å². The van der Waals surface area contributed by atoms with E-state index < -0.39 is 0 Å². The monoisotopic (exact) mass is 259 g/mol. The van der Waals surface area contributed by atoms with Crippen LogP contribution in [0.15, 0.2) is 36.7 Å². The van der Waals surface area contributed by atoms with Crippen LogP contribution in [0.2, 0.25) is 0 Å². The van der Waals surface area contributed by atoms with Crippen LogP contribution in [0.1, 0.15) is 35.8 Å². The number of hydrogen-bond acceptors (Lipinski definition) is 3. The maximum absolute atomic E-state index is 12.2. The lowest BCUT2D eigenvalue weighted by Crippen LogP contribution is -2.26. The van der Waals surface area contributed by atoms with Crippen molar-refractivity contribution >= 4 is 5.91 Å². The molecule has 0 aliphatic carbocycles. The van der Waals surface area contributed by atoms with Crippen LogP contribution < -0.4 is 10.1 Å². The van der Waals surface area contributed by atoms with Gasteiger partial charge < -0.3 is 10.1 Å². The third kappa shape index (κ3) is 3.13. The van der Waals surface area contributed by atoms with Crippen molar-refractivity contribution in [2.24, 2.45) is 0 Å². The molecule has 0 radical (unpaired) electrons. The highest BCUT2D eigenvalue weighted by atomic mass is 16.5.